The van der Waals surface area contributed by atoms with Crippen LogP contribution in [0.5, 0.6) is 0 Å². The van der Waals surface area contributed by atoms with Crippen LogP contribution in [0.2, 0.25) is 0 Å². The molecule has 258 valence electrons. The van der Waals surface area contributed by atoms with Crippen molar-refractivity contribution in [3.8, 4) is 0 Å². The zero-order valence-corrected chi connectivity index (χ0v) is 30.8. The number of pyridine rings is 2. The smallest absolute Gasteiger partial charge is 0.268 e. The highest BCUT2D eigenvalue weighted by molar-refractivity contribution is 7.94. The molecule has 0 N–H and O–H groups in total. The number of carbonyl (C=O) groups excluding carboxylic acids is 2. The zero-order valence-electron chi connectivity index (χ0n) is 29.1. The maximum Gasteiger partial charge on any atom is 0.273 e. The largest absolute Gasteiger partial charge is 0.273 e. The molecule has 0 saturated heterocycles. The molecule has 0 atom stereocenters. The van der Waals surface area contributed by atoms with Gasteiger partial charge in [0.15, 0.2) is 0 Å². The molecule has 3 aromatic carbocycles. The molecule has 5 rings (SSSR count). The van der Waals surface area contributed by atoms with Crippen LogP contribution in [-0.2, 0) is 20.0 Å². The van der Waals surface area contributed by atoms with Crippen LogP contribution < -0.4 is 8.61 Å². The van der Waals surface area contributed by atoms with Crippen molar-refractivity contribution in [1.29, 1.82) is 0 Å². The number of hydrogen-bond donors (Lipinski definition) is 0. The van der Waals surface area contributed by atoms with Gasteiger partial charge in [-0.05, 0) is 148 Å². The number of aryl methyl sites for hydroxylation is 4. The maximum atomic E-state index is 14.6. The van der Waals surface area contributed by atoms with Gasteiger partial charge >= 0.3 is 0 Å². The molecule has 0 bridgehead atoms. The van der Waals surface area contributed by atoms with E-state index < -0.39 is 31.9 Å². The molecule has 0 saturated carbocycles. The summed E-state index contributed by atoms with van der Waals surface area (Å²) in [5, 5.41) is 0. The summed E-state index contributed by atoms with van der Waals surface area (Å²) < 4.78 is 59.8. The van der Waals surface area contributed by atoms with Gasteiger partial charge < -0.3 is 0 Å². The molecular weight excluding hydrogens is 673 g/mol. The molecule has 0 spiro atoms. The first-order valence-corrected chi connectivity index (χ1v) is 18.6. The molecule has 2 heterocycles. The first kappa shape index (κ1) is 36.1. The van der Waals surface area contributed by atoms with Gasteiger partial charge in [-0.15, -0.1) is 0 Å². The minimum absolute atomic E-state index is 0.00644. The number of amides is 2. The quantitative estimate of drug-likeness (QED) is 0.168. The van der Waals surface area contributed by atoms with E-state index in [0.717, 1.165) is 22.3 Å². The zero-order chi connectivity index (χ0) is 36.7. The number of carbonyl (C=O) groups is 2. The van der Waals surface area contributed by atoms with Gasteiger partial charge in [-0.2, -0.15) is 8.61 Å². The normalized spacial score (nSPS) is 11.7. The number of rotatable bonds is 8. The van der Waals surface area contributed by atoms with Gasteiger partial charge in [-0.1, -0.05) is 12.1 Å². The van der Waals surface area contributed by atoms with Crippen molar-refractivity contribution in [2.45, 2.75) is 65.2 Å². The van der Waals surface area contributed by atoms with Gasteiger partial charge in [0.25, 0.3) is 31.9 Å². The highest BCUT2D eigenvalue weighted by atomic mass is 32.2. The van der Waals surface area contributed by atoms with Crippen LogP contribution in [0.3, 0.4) is 0 Å². The Morgan fingerprint density at radius 3 is 1.06 bits per heavy atom. The summed E-state index contributed by atoms with van der Waals surface area (Å²) >= 11 is 0. The van der Waals surface area contributed by atoms with Crippen molar-refractivity contribution in [3.05, 3.63) is 141 Å². The molecule has 2 aromatic heterocycles. The van der Waals surface area contributed by atoms with E-state index >= 15 is 0 Å². The van der Waals surface area contributed by atoms with Crippen LogP contribution >= 0.6 is 0 Å². The Morgan fingerprint density at radius 1 is 0.500 bits per heavy atom. The molecule has 0 radical (unpaired) electrons. The van der Waals surface area contributed by atoms with E-state index in [0.29, 0.717) is 30.9 Å². The average molecular weight is 711 g/mol. The summed E-state index contributed by atoms with van der Waals surface area (Å²) in [6.45, 7) is 14.0. The van der Waals surface area contributed by atoms with Crippen molar-refractivity contribution in [2.24, 2.45) is 0 Å². The van der Waals surface area contributed by atoms with E-state index in [4.69, 9.17) is 0 Å². The Kier molecular flexibility index (Phi) is 9.82. The van der Waals surface area contributed by atoms with Crippen molar-refractivity contribution in [1.82, 2.24) is 9.97 Å². The predicted octanol–water partition coefficient (Wildman–Crippen LogP) is 7.02. The highest BCUT2D eigenvalue weighted by Crippen LogP contribution is 2.36. The summed E-state index contributed by atoms with van der Waals surface area (Å²) in [7, 11) is -9.09. The van der Waals surface area contributed by atoms with E-state index in [1.807, 2.05) is 12.1 Å². The van der Waals surface area contributed by atoms with Crippen molar-refractivity contribution in [2.75, 3.05) is 8.61 Å². The second-order valence-electron chi connectivity index (χ2n) is 12.3. The number of hydrogen-bond acceptors (Lipinski definition) is 8. The Bertz CT molecular complexity index is 2140. The number of anilines is 2. The number of nitrogens with zero attached hydrogens (tertiary/aromatic N) is 4. The van der Waals surface area contributed by atoms with Gasteiger partial charge in [-0.25, -0.2) is 16.8 Å². The highest BCUT2D eigenvalue weighted by Gasteiger charge is 2.38. The second kappa shape index (κ2) is 13.6. The summed E-state index contributed by atoms with van der Waals surface area (Å²) in [5.74, 6) is -1.72. The standard InChI is InChI=1S/C38H38N4O6S2/c1-23-19-24(2)28(6)35(27(23)5)49(45,46)41(37(43)31-11-9-17-39-21-31)33-13-15-34(16-14-33)42(38(44)32-12-10-18-40-22-32)50(47,48)36-29(7)25(3)20-26(4)30(36)8/h9-22H,1-8H3. The first-order chi connectivity index (χ1) is 23.5. The Hall–Kier alpha value is -5.20. The fourth-order valence-corrected chi connectivity index (χ4v) is 9.99. The van der Waals surface area contributed by atoms with E-state index in [-0.39, 0.29) is 32.3 Å². The van der Waals surface area contributed by atoms with Crippen molar-refractivity contribution < 1.29 is 26.4 Å². The van der Waals surface area contributed by atoms with Gasteiger partial charge in [-0.3, -0.25) is 19.6 Å². The summed E-state index contributed by atoms with van der Waals surface area (Å²) in [4.78, 5) is 36.2. The molecule has 10 nitrogen and oxygen atoms in total. The van der Waals surface area contributed by atoms with Gasteiger partial charge in [0.1, 0.15) is 0 Å². The molecule has 0 fully saturated rings. The Labute approximate surface area is 293 Å². The molecule has 0 aliphatic heterocycles. The van der Waals surface area contributed by atoms with Crippen LogP contribution in [0.25, 0.3) is 0 Å². The fourth-order valence-electron chi connectivity index (χ4n) is 5.98. The lowest BCUT2D eigenvalue weighted by Gasteiger charge is -2.28. The molecule has 0 aliphatic carbocycles. The van der Waals surface area contributed by atoms with E-state index in [1.165, 1.54) is 73.3 Å². The lowest BCUT2D eigenvalue weighted by Crippen LogP contribution is -2.39. The van der Waals surface area contributed by atoms with Crippen LogP contribution in [0.15, 0.2) is 95.2 Å². The van der Waals surface area contributed by atoms with Gasteiger partial charge in [0.2, 0.25) is 0 Å². The van der Waals surface area contributed by atoms with E-state index in [1.54, 1.807) is 55.4 Å². The summed E-state index contributed by atoms with van der Waals surface area (Å²) in [6.07, 6.45) is 5.48. The molecule has 50 heavy (non-hydrogen) atoms. The third kappa shape index (κ3) is 6.32. The van der Waals surface area contributed by atoms with E-state index in [9.17, 15) is 26.4 Å². The third-order valence-corrected chi connectivity index (χ3v) is 13.1. The van der Waals surface area contributed by atoms with Gasteiger partial charge in [0, 0.05) is 24.8 Å². The average Bonchev–Trinajstić information content (AvgIpc) is 3.08. The number of aromatic nitrogens is 2. The van der Waals surface area contributed by atoms with Crippen LogP contribution in [-0.4, -0.2) is 38.6 Å². The molecule has 2 amide bonds. The first-order valence-electron chi connectivity index (χ1n) is 15.7. The van der Waals surface area contributed by atoms with Crippen LogP contribution in [0.4, 0.5) is 11.4 Å². The molecular formula is C38H38N4O6S2. The van der Waals surface area contributed by atoms with E-state index in [2.05, 4.69) is 9.97 Å². The third-order valence-electron chi connectivity index (χ3n) is 9.10. The summed E-state index contributed by atoms with van der Waals surface area (Å²) in [5.41, 5.74) is 4.85. The molecule has 5 aromatic rings. The SMILES string of the molecule is Cc1cc(C)c(C)c(S(=O)(=O)N(C(=O)c2cccnc2)c2ccc(N(C(=O)c3cccnc3)S(=O)(=O)c3c(C)c(C)cc(C)c3C)cc2)c1C. The maximum absolute atomic E-state index is 14.6. The second-order valence-corrected chi connectivity index (χ2v) is 15.8. The Morgan fingerprint density at radius 2 is 0.800 bits per heavy atom. The number of benzene rings is 3. The topological polar surface area (TPSA) is 135 Å². The number of sulfonamides is 2. The Balaban J connectivity index is 1.74. The van der Waals surface area contributed by atoms with Crippen molar-refractivity contribution in [3.63, 3.8) is 0 Å². The molecule has 0 unspecified atom stereocenters. The predicted molar refractivity (Wildman–Crippen MR) is 194 cm³/mol. The molecule has 12 heteroatoms. The summed E-state index contributed by atoms with van der Waals surface area (Å²) in [6, 6.07) is 15.0. The lowest BCUT2D eigenvalue weighted by molar-refractivity contribution is 0.0996. The van der Waals surface area contributed by atoms with Crippen LogP contribution in [0.1, 0.15) is 65.2 Å². The fraction of sp³-hybridized carbons (Fsp3) is 0.211. The van der Waals surface area contributed by atoms with Gasteiger partial charge in [0.05, 0.1) is 32.3 Å². The van der Waals surface area contributed by atoms with Crippen LogP contribution in [0, 0.1) is 55.4 Å². The minimum Gasteiger partial charge on any atom is -0.268 e. The minimum atomic E-state index is -4.54. The van der Waals surface area contributed by atoms with Crippen molar-refractivity contribution >= 4 is 43.2 Å². The lowest BCUT2D eigenvalue weighted by atomic mass is 10.0. The molecule has 0 aliphatic rings. The monoisotopic (exact) mass is 710 g/mol.